The van der Waals surface area contributed by atoms with Crippen molar-refractivity contribution < 1.29 is 10.2 Å². The van der Waals surface area contributed by atoms with E-state index in [1.165, 1.54) is 19.3 Å². The first kappa shape index (κ1) is 11.7. The van der Waals surface area contributed by atoms with Crippen molar-refractivity contribution in [3.05, 3.63) is 11.6 Å². The largest absolute Gasteiger partial charge is 0.392 e. The van der Waals surface area contributed by atoms with Crippen LogP contribution < -0.4 is 0 Å². The Labute approximate surface area is 104 Å². The van der Waals surface area contributed by atoms with E-state index < -0.39 is 0 Å². The molecule has 4 saturated carbocycles. The minimum atomic E-state index is -0.000833. The second-order valence-electron chi connectivity index (χ2n) is 6.80. The maximum atomic E-state index is 9.03. The van der Waals surface area contributed by atoms with Crippen molar-refractivity contribution in [2.45, 2.75) is 39.5 Å². The highest BCUT2D eigenvalue weighted by Gasteiger charge is 2.80. The maximum absolute atomic E-state index is 9.03. The molecule has 0 saturated heterocycles. The average molecular weight is 236 g/mol. The summed E-state index contributed by atoms with van der Waals surface area (Å²) in [6.45, 7) is 4.98. The molecule has 0 aromatic carbocycles. The van der Waals surface area contributed by atoms with E-state index in [0.717, 1.165) is 29.7 Å². The van der Waals surface area contributed by atoms with Crippen molar-refractivity contribution in [1.29, 1.82) is 0 Å². The number of aliphatic hydroxyl groups is 2. The number of allylic oxidation sites excluding steroid dienone is 1. The molecule has 0 aromatic rings. The second kappa shape index (κ2) is 3.58. The minimum absolute atomic E-state index is 0.000833. The first-order valence-corrected chi connectivity index (χ1v) is 6.97. The maximum Gasteiger partial charge on any atom is 0.0663 e. The Bertz CT molecular complexity index is 342. The van der Waals surface area contributed by atoms with E-state index in [0.29, 0.717) is 10.8 Å². The highest BCUT2D eigenvalue weighted by atomic mass is 16.3. The molecule has 2 unspecified atom stereocenters. The fourth-order valence-electron chi connectivity index (χ4n) is 5.26. The Morgan fingerprint density at radius 3 is 2.18 bits per heavy atom. The van der Waals surface area contributed by atoms with Gasteiger partial charge in [-0.25, -0.2) is 0 Å². The molecule has 4 bridgehead atoms. The van der Waals surface area contributed by atoms with E-state index in [2.05, 4.69) is 13.8 Å². The Morgan fingerprint density at radius 1 is 1.18 bits per heavy atom. The zero-order chi connectivity index (χ0) is 12.3. The summed E-state index contributed by atoms with van der Waals surface area (Å²) in [5.74, 6) is 3.00. The molecule has 4 aliphatic rings. The van der Waals surface area contributed by atoms with Gasteiger partial charge in [0.1, 0.15) is 0 Å². The molecule has 2 nitrogen and oxygen atoms in total. The van der Waals surface area contributed by atoms with Crippen LogP contribution in [0.4, 0.5) is 0 Å². The Balaban J connectivity index is 1.65. The molecular weight excluding hydrogens is 212 g/mol. The molecule has 0 aliphatic heterocycles. The first-order valence-electron chi connectivity index (χ1n) is 6.97. The number of aliphatic hydroxyl groups excluding tert-OH is 2. The summed E-state index contributed by atoms with van der Waals surface area (Å²) in [6, 6.07) is 0. The molecular formula is C15H24O2. The van der Waals surface area contributed by atoms with Gasteiger partial charge in [0.2, 0.25) is 0 Å². The average Bonchev–Trinajstić information content (AvgIpc) is 2.70. The summed E-state index contributed by atoms with van der Waals surface area (Å²) in [4.78, 5) is 0. The highest BCUT2D eigenvalue weighted by molar-refractivity contribution is 5.29. The lowest BCUT2D eigenvalue weighted by Crippen LogP contribution is -2.26. The third-order valence-electron chi connectivity index (χ3n) is 6.63. The number of rotatable bonds is 5. The summed E-state index contributed by atoms with van der Waals surface area (Å²) >= 11 is 0. The van der Waals surface area contributed by atoms with Crippen LogP contribution in [-0.2, 0) is 0 Å². The number of hydrogen-bond acceptors (Lipinski definition) is 2. The molecule has 2 N–H and O–H groups in total. The van der Waals surface area contributed by atoms with Gasteiger partial charge in [0.05, 0.1) is 13.2 Å². The van der Waals surface area contributed by atoms with Gasteiger partial charge in [0.25, 0.3) is 0 Å². The molecule has 17 heavy (non-hydrogen) atoms. The molecule has 96 valence electrons. The van der Waals surface area contributed by atoms with Crippen LogP contribution in [0.3, 0.4) is 0 Å². The van der Waals surface area contributed by atoms with Gasteiger partial charge in [0.15, 0.2) is 0 Å². The summed E-state index contributed by atoms with van der Waals surface area (Å²) < 4.78 is 0. The first-order chi connectivity index (χ1) is 8.07. The topological polar surface area (TPSA) is 40.5 Å². The van der Waals surface area contributed by atoms with Crippen molar-refractivity contribution in [2.24, 2.45) is 28.6 Å². The summed E-state index contributed by atoms with van der Waals surface area (Å²) in [5.41, 5.74) is 1.93. The second-order valence-corrected chi connectivity index (χ2v) is 6.80. The predicted octanol–water partition coefficient (Wildman–Crippen LogP) is 2.36. The monoisotopic (exact) mass is 236 g/mol. The van der Waals surface area contributed by atoms with Crippen molar-refractivity contribution in [2.75, 3.05) is 13.2 Å². The van der Waals surface area contributed by atoms with Crippen LogP contribution in [0, 0.1) is 28.6 Å². The van der Waals surface area contributed by atoms with Gasteiger partial charge in [-0.1, -0.05) is 19.9 Å². The molecule has 0 amide bonds. The Hall–Kier alpha value is -0.340. The fourth-order valence-corrected chi connectivity index (χ4v) is 5.26. The molecule has 0 radical (unpaired) electrons. The Kier molecular flexibility index (Phi) is 2.47. The van der Waals surface area contributed by atoms with Gasteiger partial charge in [-0.15, -0.1) is 0 Å². The van der Waals surface area contributed by atoms with Gasteiger partial charge >= 0.3 is 0 Å². The van der Waals surface area contributed by atoms with Gasteiger partial charge in [0, 0.05) is 0 Å². The van der Waals surface area contributed by atoms with E-state index in [9.17, 15) is 0 Å². The van der Waals surface area contributed by atoms with Crippen LogP contribution in [0.1, 0.15) is 39.5 Å². The van der Waals surface area contributed by atoms with Gasteiger partial charge in [-0.3, -0.25) is 0 Å². The Morgan fingerprint density at radius 2 is 1.76 bits per heavy atom. The van der Waals surface area contributed by atoms with Crippen LogP contribution in [-0.4, -0.2) is 23.4 Å². The molecule has 0 aromatic heterocycles. The van der Waals surface area contributed by atoms with Crippen LogP contribution >= 0.6 is 0 Å². The SMILES string of the molecule is CC12C3CC(CC31)[C@@]2(C)CCC=C(CO)CO. The lowest BCUT2D eigenvalue weighted by molar-refractivity contribution is 0.154. The lowest BCUT2D eigenvalue weighted by Gasteiger charge is -2.34. The van der Waals surface area contributed by atoms with E-state index in [1.54, 1.807) is 0 Å². The molecule has 4 rings (SSSR count). The van der Waals surface area contributed by atoms with E-state index in [4.69, 9.17) is 10.2 Å². The third-order valence-corrected chi connectivity index (χ3v) is 6.63. The number of hydrogen-bond donors (Lipinski definition) is 2. The quantitative estimate of drug-likeness (QED) is 0.719. The van der Waals surface area contributed by atoms with Crippen molar-refractivity contribution in [3.8, 4) is 0 Å². The zero-order valence-corrected chi connectivity index (χ0v) is 10.9. The fraction of sp³-hybridized carbons (Fsp3) is 0.867. The van der Waals surface area contributed by atoms with Crippen molar-refractivity contribution >= 4 is 0 Å². The standard InChI is InChI=1S/C15H24O2/c1-14(5-3-4-10(8-16)9-17)11-6-12-13(7-11)15(12,14)2/h4,11-13,16-17H,3,5-9H2,1-2H3/t11?,12?,13?,14-,15?/m1/s1. The van der Waals surface area contributed by atoms with Crippen molar-refractivity contribution in [3.63, 3.8) is 0 Å². The van der Waals surface area contributed by atoms with Gasteiger partial charge < -0.3 is 10.2 Å². The van der Waals surface area contributed by atoms with Crippen LogP contribution in [0.25, 0.3) is 0 Å². The minimum Gasteiger partial charge on any atom is -0.392 e. The van der Waals surface area contributed by atoms with Crippen LogP contribution in [0.2, 0.25) is 0 Å². The van der Waals surface area contributed by atoms with E-state index in [-0.39, 0.29) is 13.2 Å². The van der Waals surface area contributed by atoms with E-state index in [1.807, 2.05) is 6.08 Å². The van der Waals surface area contributed by atoms with Crippen LogP contribution in [0.15, 0.2) is 11.6 Å². The normalized spacial score (nSPS) is 49.5. The predicted molar refractivity (Wildman–Crippen MR) is 67.4 cm³/mol. The summed E-state index contributed by atoms with van der Waals surface area (Å²) in [5, 5.41) is 18.1. The lowest BCUT2D eigenvalue weighted by atomic mass is 9.71. The van der Waals surface area contributed by atoms with E-state index >= 15 is 0 Å². The highest BCUT2D eigenvalue weighted by Crippen LogP contribution is 2.87. The summed E-state index contributed by atoms with van der Waals surface area (Å²) in [6.07, 6.45) is 7.22. The summed E-state index contributed by atoms with van der Waals surface area (Å²) in [7, 11) is 0. The molecule has 4 aliphatic carbocycles. The van der Waals surface area contributed by atoms with Crippen molar-refractivity contribution in [1.82, 2.24) is 0 Å². The third kappa shape index (κ3) is 1.29. The molecule has 0 heterocycles. The smallest absolute Gasteiger partial charge is 0.0663 e. The van der Waals surface area contributed by atoms with Crippen LogP contribution in [0.5, 0.6) is 0 Å². The van der Waals surface area contributed by atoms with Gasteiger partial charge in [-0.2, -0.15) is 0 Å². The molecule has 0 spiro atoms. The molecule has 2 heteroatoms. The molecule has 3 atom stereocenters. The van der Waals surface area contributed by atoms with Gasteiger partial charge in [-0.05, 0) is 59.8 Å². The molecule has 4 fully saturated rings. The zero-order valence-electron chi connectivity index (χ0n) is 10.9.